The van der Waals surface area contributed by atoms with Gasteiger partial charge in [0.15, 0.2) is 0 Å². The van der Waals surface area contributed by atoms with Crippen LogP contribution >= 0.6 is 0 Å². The summed E-state index contributed by atoms with van der Waals surface area (Å²) in [5, 5.41) is 27.4. The molecule has 0 aliphatic heterocycles. The first kappa shape index (κ1) is 43.4. The van der Waals surface area contributed by atoms with E-state index in [9.17, 15) is 4.79 Å². The largest absolute Gasteiger partial charge is 0.481 e. The Bertz CT molecular complexity index is 486. The van der Waals surface area contributed by atoms with E-state index >= 15 is 0 Å². The molecular formula is C35H73NO6. The van der Waals surface area contributed by atoms with Crippen LogP contribution in [0.2, 0.25) is 0 Å². The fraction of sp³-hybridized carbons (Fsp3) is 0.971. The highest BCUT2D eigenvalue weighted by Gasteiger charge is 2.05. The maximum absolute atomic E-state index is 10.3. The van der Waals surface area contributed by atoms with Gasteiger partial charge in [0.1, 0.15) is 0 Å². The standard InChI is InChI=1S/C19H41NO4.C16H32O2/c1-2-3-4-5-6-7-8-9-10-11-12-13-14-15-20(23-18-16-21)24-19-17-22;1-2-3-4-5-6-7-8-9-10-11-12-13-14-15-16(17)18/h21-22H,2-19H2,1H3;2-15H2,1H3,(H,17,18). The van der Waals surface area contributed by atoms with Gasteiger partial charge in [-0.2, -0.15) is 0 Å². The lowest BCUT2D eigenvalue weighted by Crippen LogP contribution is -2.28. The summed E-state index contributed by atoms with van der Waals surface area (Å²) in [6, 6.07) is 0. The molecule has 0 unspecified atom stereocenters. The molecule has 0 aromatic carbocycles. The van der Waals surface area contributed by atoms with Gasteiger partial charge in [0.05, 0.1) is 33.0 Å². The SMILES string of the molecule is CCCCCCCCCCCCCCCC(=O)O.CCCCCCCCCCCCCCCN(OCCO)OCCO. The summed E-state index contributed by atoms with van der Waals surface area (Å²) in [7, 11) is 0. The molecule has 0 aliphatic carbocycles. The molecule has 0 atom stereocenters. The normalized spacial score (nSPS) is 11.2. The summed E-state index contributed by atoms with van der Waals surface area (Å²) < 4.78 is 0. The lowest BCUT2D eigenvalue weighted by Gasteiger charge is -2.20. The van der Waals surface area contributed by atoms with Crippen LogP contribution in [0.15, 0.2) is 0 Å². The summed E-state index contributed by atoms with van der Waals surface area (Å²) in [6.45, 7) is 5.60. The van der Waals surface area contributed by atoms with Crippen LogP contribution < -0.4 is 0 Å². The number of aliphatic hydroxyl groups is 2. The molecule has 0 saturated carbocycles. The van der Waals surface area contributed by atoms with Crippen molar-refractivity contribution in [2.75, 3.05) is 33.0 Å². The molecule has 3 N–H and O–H groups in total. The second-order valence-corrected chi connectivity index (χ2v) is 11.8. The first-order valence-corrected chi connectivity index (χ1v) is 18.1. The van der Waals surface area contributed by atoms with Crippen molar-refractivity contribution in [1.82, 2.24) is 5.23 Å². The zero-order valence-electron chi connectivity index (χ0n) is 28.1. The van der Waals surface area contributed by atoms with Crippen LogP contribution in [0, 0.1) is 0 Å². The maximum atomic E-state index is 10.3. The fourth-order valence-corrected chi connectivity index (χ4v) is 5.00. The average Bonchev–Trinajstić information content (AvgIpc) is 2.99. The summed E-state index contributed by atoms with van der Waals surface area (Å²) in [5.74, 6) is -0.655. The van der Waals surface area contributed by atoms with E-state index in [4.69, 9.17) is 25.0 Å². The van der Waals surface area contributed by atoms with E-state index in [2.05, 4.69) is 13.8 Å². The van der Waals surface area contributed by atoms with Crippen molar-refractivity contribution in [1.29, 1.82) is 0 Å². The van der Waals surface area contributed by atoms with Gasteiger partial charge in [0.2, 0.25) is 0 Å². The lowest BCUT2D eigenvalue weighted by atomic mass is 10.0. The van der Waals surface area contributed by atoms with Gasteiger partial charge in [-0.05, 0) is 12.8 Å². The van der Waals surface area contributed by atoms with Gasteiger partial charge in [-0.25, -0.2) is 0 Å². The Labute approximate surface area is 261 Å². The Kier molecular flexibility index (Phi) is 41.6. The van der Waals surface area contributed by atoms with Crippen molar-refractivity contribution in [2.45, 2.75) is 187 Å². The van der Waals surface area contributed by atoms with E-state index in [1.165, 1.54) is 153 Å². The van der Waals surface area contributed by atoms with Gasteiger partial charge in [0.25, 0.3) is 0 Å². The number of carbonyl (C=O) groups is 1. The number of carboxylic acids is 1. The molecule has 0 bridgehead atoms. The highest BCUT2D eigenvalue weighted by atomic mass is 16.9. The number of aliphatic carboxylic acids is 1. The summed E-state index contributed by atoms with van der Waals surface area (Å²) in [6.07, 6.45) is 34.5. The molecule has 0 heterocycles. The zero-order chi connectivity index (χ0) is 31.2. The van der Waals surface area contributed by atoms with Crippen molar-refractivity contribution in [3.63, 3.8) is 0 Å². The molecule has 0 spiro atoms. The van der Waals surface area contributed by atoms with E-state index in [0.29, 0.717) is 13.0 Å². The van der Waals surface area contributed by atoms with Gasteiger partial charge in [-0.15, -0.1) is 0 Å². The predicted octanol–water partition coefficient (Wildman–Crippen LogP) is 9.78. The Balaban J connectivity index is 0. The minimum Gasteiger partial charge on any atom is -0.481 e. The number of rotatable bonds is 34. The zero-order valence-corrected chi connectivity index (χ0v) is 28.1. The van der Waals surface area contributed by atoms with Crippen molar-refractivity contribution in [3.8, 4) is 0 Å². The van der Waals surface area contributed by atoms with Crippen LogP contribution in [0.3, 0.4) is 0 Å². The third-order valence-corrected chi connectivity index (χ3v) is 7.59. The van der Waals surface area contributed by atoms with Crippen LogP contribution in [0.1, 0.15) is 187 Å². The molecule has 7 nitrogen and oxygen atoms in total. The third-order valence-electron chi connectivity index (χ3n) is 7.59. The number of carboxylic acid groups (broad SMARTS) is 1. The predicted molar refractivity (Wildman–Crippen MR) is 176 cm³/mol. The van der Waals surface area contributed by atoms with Gasteiger partial charge in [-0.3, -0.25) is 14.5 Å². The summed E-state index contributed by atoms with van der Waals surface area (Å²) in [5.41, 5.74) is 0. The quantitative estimate of drug-likeness (QED) is 0.0497. The monoisotopic (exact) mass is 604 g/mol. The molecule has 0 saturated heterocycles. The van der Waals surface area contributed by atoms with Crippen molar-refractivity contribution >= 4 is 5.97 Å². The molecule has 0 fully saturated rings. The number of aliphatic hydroxyl groups excluding tert-OH is 2. The smallest absolute Gasteiger partial charge is 0.303 e. The highest BCUT2D eigenvalue weighted by molar-refractivity contribution is 5.66. The molecule has 254 valence electrons. The first-order valence-electron chi connectivity index (χ1n) is 18.1. The van der Waals surface area contributed by atoms with Crippen LogP contribution in [0.25, 0.3) is 0 Å². The number of hydrogen-bond donors (Lipinski definition) is 3. The Morgan fingerprint density at radius 2 is 0.762 bits per heavy atom. The van der Waals surface area contributed by atoms with Crippen LogP contribution in [0.4, 0.5) is 0 Å². The second kappa shape index (κ2) is 40.3. The van der Waals surface area contributed by atoms with E-state index in [0.717, 1.165) is 19.3 Å². The molecule has 0 aromatic rings. The maximum Gasteiger partial charge on any atom is 0.303 e. The van der Waals surface area contributed by atoms with Gasteiger partial charge >= 0.3 is 5.97 Å². The minimum absolute atomic E-state index is 0.0302. The van der Waals surface area contributed by atoms with E-state index in [1.54, 1.807) is 0 Å². The molecule has 0 aromatic heterocycles. The lowest BCUT2D eigenvalue weighted by molar-refractivity contribution is -0.371. The third kappa shape index (κ3) is 41.4. The summed E-state index contributed by atoms with van der Waals surface area (Å²) >= 11 is 0. The van der Waals surface area contributed by atoms with Crippen LogP contribution in [-0.4, -0.2) is 59.5 Å². The molecule has 7 heteroatoms. The number of hydroxylamine groups is 2. The number of nitrogens with zero attached hydrogens (tertiary/aromatic N) is 1. The topological polar surface area (TPSA) is 99.5 Å². The van der Waals surface area contributed by atoms with Crippen molar-refractivity contribution < 1.29 is 29.8 Å². The Hall–Kier alpha value is -0.730. The molecule has 0 rings (SSSR count). The average molecular weight is 604 g/mol. The summed E-state index contributed by atoms with van der Waals surface area (Å²) in [4.78, 5) is 20.8. The molecule has 0 amide bonds. The fourth-order valence-electron chi connectivity index (χ4n) is 5.00. The van der Waals surface area contributed by atoms with Crippen molar-refractivity contribution in [2.24, 2.45) is 0 Å². The molecule has 42 heavy (non-hydrogen) atoms. The molecule has 0 radical (unpaired) electrons. The van der Waals surface area contributed by atoms with E-state index in [1.807, 2.05) is 0 Å². The Morgan fingerprint density at radius 3 is 1.05 bits per heavy atom. The molecule has 0 aliphatic rings. The van der Waals surface area contributed by atoms with Crippen molar-refractivity contribution in [3.05, 3.63) is 0 Å². The Morgan fingerprint density at radius 1 is 0.476 bits per heavy atom. The highest BCUT2D eigenvalue weighted by Crippen LogP contribution is 2.14. The van der Waals surface area contributed by atoms with Crippen LogP contribution in [-0.2, 0) is 14.5 Å². The molecular weight excluding hydrogens is 530 g/mol. The first-order chi connectivity index (χ1) is 20.6. The number of hydrogen-bond acceptors (Lipinski definition) is 6. The van der Waals surface area contributed by atoms with Crippen LogP contribution in [0.5, 0.6) is 0 Å². The van der Waals surface area contributed by atoms with Gasteiger partial charge < -0.3 is 15.3 Å². The second-order valence-electron chi connectivity index (χ2n) is 11.8. The van der Waals surface area contributed by atoms with Gasteiger partial charge in [0, 0.05) is 6.42 Å². The van der Waals surface area contributed by atoms with E-state index < -0.39 is 5.97 Å². The van der Waals surface area contributed by atoms with E-state index in [-0.39, 0.29) is 26.4 Å². The minimum atomic E-state index is -0.655. The number of unbranched alkanes of at least 4 members (excludes halogenated alkanes) is 24. The van der Waals surface area contributed by atoms with Gasteiger partial charge in [-0.1, -0.05) is 173 Å².